The van der Waals surface area contributed by atoms with Crippen molar-refractivity contribution in [3.05, 3.63) is 30.3 Å². The maximum absolute atomic E-state index is 5.76. The van der Waals surface area contributed by atoms with Crippen molar-refractivity contribution < 1.29 is 4.74 Å². The Bertz CT molecular complexity index is 349. The summed E-state index contributed by atoms with van der Waals surface area (Å²) >= 11 is 0. The van der Waals surface area contributed by atoms with Gasteiger partial charge in [-0.05, 0) is 50.9 Å². The van der Waals surface area contributed by atoms with Crippen molar-refractivity contribution >= 4 is 0 Å². The molecule has 1 aliphatic rings. The van der Waals surface area contributed by atoms with Crippen LogP contribution in [-0.2, 0) is 0 Å². The quantitative estimate of drug-likeness (QED) is 0.702. The zero-order valence-corrected chi connectivity index (χ0v) is 12.7. The molecule has 1 aromatic rings. The average Bonchev–Trinajstić information content (AvgIpc) is 2.98. The lowest BCUT2D eigenvalue weighted by atomic mass is 10.2. The summed E-state index contributed by atoms with van der Waals surface area (Å²) in [5.41, 5.74) is 0. The van der Waals surface area contributed by atoms with Gasteiger partial charge < -0.3 is 15.0 Å². The minimum Gasteiger partial charge on any atom is -0.494 e. The van der Waals surface area contributed by atoms with E-state index in [1.807, 2.05) is 30.3 Å². The molecule has 0 radical (unpaired) electrons. The number of ether oxygens (including phenoxy) is 1. The topological polar surface area (TPSA) is 24.5 Å². The van der Waals surface area contributed by atoms with Crippen molar-refractivity contribution in [2.45, 2.75) is 38.6 Å². The van der Waals surface area contributed by atoms with Crippen LogP contribution in [0.2, 0.25) is 0 Å². The normalized spacial score (nSPS) is 18.6. The third-order valence-corrected chi connectivity index (χ3v) is 3.81. The van der Waals surface area contributed by atoms with Gasteiger partial charge in [0.2, 0.25) is 0 Å². The van der Waals surface area contributed by atoms with E-state index in [1.54, 1.807) is 0 Å². The molecule has 1 atom stereocenters. The Balaban J connectivity index is 1.63. The van der Waals surface area contributed by atoms with Crippen LogP contribution >= 0.6 is 0 Å². The van der Waals surface area contributed by atoms with E-state index in [2.05, 4.69) is 17.1 Å². The highest BCUT2D eigenvalue weighted by molar-refractivity contribution is 5.20. The van der Waals surface area contributed by atoms with E-state index in [1.165, 1.54) is 38.9 Å². The first-order chi connectivity index (χ1) is 9.88. The van der Waals surface area contributed by atoms with E-state index in [4.69, 9.17) is 4.74 Å². The summed E-state index contributed by atoms with van der Waals surface area (Å²) in [6.07, 6.45) is 5.00. The standard InChI is InChI=1S/C17H28N2O/c1-2-12-19(15-16-8-6-11-18-16)13-7-14-20-17-9-4-3-5-10-17/h3-5,9-10,16,18H,2,6-8,11-15H2,1H3. The van der Waals surface area contributed by atoms with Crippen molar-refractivity contribution in [2.75, 3.05) is 32.8 Å². The molecule has 2 rings (SSSR count). The van der Waals surface area contributed by atoms with Gasteiger partial charge in [-0.2, -0.15) is 0 Å². The van der Waals surface area contributed by atoms with Crippen LogP contribution in [0.15, 0.2) is 30.3 Å². The maximum Gasteiger partial charge on any atom is 0.119 e. The number of para-hydroxylation sites is 1. The van der Waals surface area contributed by atoms with Gasteiger partial charge in [0, 0.05) is 19.1 Å². The highest BCUT2D eigenvalue weighted by atomic mass is 16.5. The molecule has 0 amide bonds. The number of hydrogen-bond donors (Lipinski definition) is 1. The van der Waals surface area contributed by atoms with Crippen molar-refractivity contribution in [1.29, 1.82) is 0 Å². The Hall–Kier alpha value is -1.06. The van der Waals surface area contributed by atoms with Gasteiger partial charge in [0.15, 0.2) is 0 Å². The molecule has 1 saturated heterocycles. The van der Waals surface area contributed by atoms with Crippen LogP contribution in [0.3, 0.4) is 0 Å². The van der Waals surface area contributed by atoms with Gasteiger partial charge in [-0.25, -0.2) is 0 Å². The molecule has 3 heteroatoms. The number of rotatable bonds is 9. The molecule has 0 saturated carbocycles. The smallest absolute Gasteiger partial charge is 0.119 e. The lowest BCUT2D eigenvalue weighted by molar-refractivity contribution is 0.219. The minimum atomic E-state index is 0.705. The summed E-state index contributed by atoms with van der Waals surface area (Å²) in [6, 6.07) is 10.8. The van der Waals surface area contributed by atoms with Gasteiger partial charge in [-0.15, -0.1) is 0 Å². The number of nitrogens with zero attached hydrogens (tertiary/aromatic N) is 1. The van der Waals surface area contributed by atoms with Gasteiger partial charge in [0.25, 0.3) is 0 Å². The van der Waals surface area contributed by atoms with Crippen LogP contribution in [0.4, 0.5) is 0 Å². The zero-order chi connectivity index (χ0) is 14.0. The fourth-order valence-electron chi connectivity index (χ4n) is 2.83. The number of benzene rings is 1. The predicted octanol–water partition coefficient (Wildman–Crippen LogP) is 2.92. The van der Waals surface area contributed by atoms with Crippen molar-refractivity contribution in [3.8, 4) is 5.75 Å². The number of nitrogens with one attached hydrogen (secondary N) is 1. The summed E-state index contributed by atoms with van der Waals surface area (Å²) in [5, 5.41) is 3.59. The molecule has 0 spiro atoms. The SMILES string of the molecule is CCCN(CCCOc1ccccc1)CC1CCCN1. The Morgan fingerprint density at radius 3 is 2.80 bits per heavy atom. The van der Waals surface area contributed by atoms with Crippen molar-refractivity contribution in [1.82, 2.24) is 10.2 Å². The Morgan fingerprint density at radius 1 is 1.25 bits per heavy atom. The molecule has 20 heavy (non-hydrogen) atoms. The summed E-state index contributed by atoms with van der Waals surface area (Å²) in [6.45, 7) is 7.79. The first kappa shape index (κ1) is 15.3. The maximum atomic E-state index is 5.76. The molecule has 112 valence electrons. The third kappa shape index (κ3) is 5.51. The van der Waals surface area contributed by atoms with Crippen LogP contribution in [0.1, 0.15) is 32.6 Å². The van der Waals surface area contributed by atoms with Crippen LogP contribution in [0.5, 0.6) is 5.75 Å². The van der Waals surface area contributed by atoms with Gasteiger partial charge in [-0.1, -0.05) is 25.1 Å². The van der Waals surface area contributed by atoms with Crippen LogP contribution < -0.4 is 10.1 Å². The van der Waals surface area contributed by atoms with E-state index in [0.29, 0.717) is 6.04 Å². The second-order valence-electron chi connectivity index (χ2n) is 5.61. The Morgan fingerprint density at radius 2 is 2.10 bits per heavy atom. The lowest BCUT2D eigenvalue weighted by Gasteiger charge is -2.25. The van der Waals surface area contributed by atoms with E-state index < -0.39 is 0 Å². The fourth-order valence-corrected chi connectivity index (χ4v) is 2.83. The Kier molecular flexibility index (Phi) is 6.89. The Labute approximate surface area is 123 Å². The van der Waals surface area contributed by atoms with Gasteiger partial charge in [0.05, 0.1) is 6.61 Å². The highest BCUT2D eigenvalue weighted by Crippen LogP contribution is 2.10. The molecule has 0 aliphatic carbocycles. The molecule has 1 fully saturated rings. The highest BCUT2D eigenvalue weighted by Gasteiger charge is 2.17. The molecular weight excluding hydrogens is 248 g/mol. The first-order valence-corrected chi connectivity index (χ1v) is 8.02. The van der Waals surface area contributed by atoms with Crippen LogP contribution in [-0.4, -0.2) is 43.7 Å². The van der Waals surface area contributed by atoms with Gasteiger partial charge in [-0.3, -0.25) is 0 Å². The van der Waals surface area contributed by atoms with Gasteiger partial charge in [0.1, 0.15) is 5.75 Å². The summed E-state index contributed by atoms with van der Waals surface area (Å²) < 4.78 is 5.76. The van der Waals surface area contributed by atoms with E-state index >= 15 is 0 Å². The zero-order valence-electron chi connectivity index (χ0n) is 12.7. The van der Waals surface area contributed by atoms with Gasteiger partial charge >= 0.3 is 0 Å². The third-order valence-electron chi connectivity index (χ3n) is 3.81. The van der Waals surface area contributed by atoms with Crippen LogP contribution in [0, 0.1) is 0 Å². The second-order valence-corrected chi connectivity index (χ2v) is 5.61. The molecule has 1 unspecified atom stereocenters. The average molecular weight is 276 g/mol. The summed E-state index contributed by atoms with van der Waals surface area (Å²) in [5.74, 6) is 0.979. The summed E-state index contributed by atoms with van der Waals surface area (Å²) in [4.78, 5) is 2.58. The monoisotopic (exact) mass is 276 g/mol. The van der Waals surface area contributed by atoms with E-state index in [9.17, 15) is 0 Å². The largest absolute Gasteiger partial charge is 0.494 e. The number of hydrogen-bond acceptors (Lipinski definition) is 3. The molecule has 0 bridgehead atoms. The molecule has 1 heterocycles. The molecule has 3 nitrogen and oxygen atoms in total. The lowest BCUT2D eigenvalue weighted by Crippen LogP contribution is -2.38. The van der Waals surface area contributed by atoms with E-state index in [0.717, 1.165) is 25.3 Å². The fraction of sp³-hybridized carbons (Fsp3) is 0.647. The molecular formula is C17H28N2O. The predicted molar refractivity (Wildman–Crippen MR) is 84.3 cm³/mol. The molecule has 1 aromatic carbocycles. The summed E-state index contributed by atoms with van der Waals surface area (Å²) in [7, 11) is 0. The van der Waals surface area contributed by atoms with E-state index in [-0.39, 0.29) is 0 Å². The molecule has 1 aliphatic heterocycles. The van der Waals surface area contributed by atoms with Crippen molar-refractivity contribution in [3.63, 3.8) is 0 Å². The first-order valence-electron chi connectivity index (χ1n) is 8.02. The minimum absolute atomic E-state index is 0.705. The molecule has 0 aromatic heterocycles. The molecule has 1 N–H and O–H groups in total. The van der Waals surface area contributed by atoms with Crippen molar-refractivity contribution in [2.24, 2.45) is 0 Å². The second kappa shape index (κ2) is 8.98. The van der Waals surface area contributed by atoms with Crippen LogP contribution in [0.25, 0.3) is 0 Å².